The lowest BCUT2D eigenvalue weighted by Gasteiger charge is -2.31. The number of rotatable bonds is 1. The third-order valence-corrected chi connectivity index (χ3v) is 2.73. The average Bonchev–Trinajstić information content (AvgIpc) is 2.20. The van der Waals surface area contributed by atoms with E-state index in [-0.39, 0.29) is 28.0 Å². The van der Waals surface area contributed by atoms with E-state index in [1.807, 2.05) is 5.32 Å². The predicted molar refractivity (Wildman–Crippen MR) is 65.9 cm³/mol. The molecule has 0 spiro atoms. The van der Waals surface area contributed by atoms with E-state index in [9.17, 15) is 13.6 Å². The first-order chi connectivity index (χ1) is 7.88. The molecule has 0 saturated carbocycles. The summed E-state index contributed by atoms with van der Waals surface area (Å²) in [4.78, 5) is 11.0. The molecule has 0 bridgehead atoms. The third-order valence-electron chi connectivity index (χ3n) is 2.30. The van der Waals surface area contributed by atoms with E-state index >= 15 is 0 Å². The highest BCUT2D eigenvalue weighted by atomic mass is 35.5. The van der Waals surface area contributed by atoms with Gasteiger partial charge in [0.1, 0.15) is 6.04 Å². The fraction of sp³-hybridized carbons (Fsp3) is 0.300. The number of ether oxygens (including phenoxy) is 1. The molecule has 0 aliphatic carbocycles. The van der Waals surface area contributed by atoms with Gasteiger partial charge in [-0.25, -0.2) is 13.6 Å². The zero-order valence-corrected chi connectivity index (χ0v) is 11.1. The highest BCUT2D eigenvalue weighted by molar-refractivity contribution is 6.34. The number of alkyl halides is 2. The van der Waals surface area contributed by atoms with Crippen LogP contribution >= 0.6 is 35.6 Å². The number of alkyl carbamates (subject to hydrolysis) is 1. The number of hydrogen-bond acceptors (Lipinski definition) is 2. The van der Waals surface area contributed by atoms with Gasteiger partial charge in [-0.15, -0.1) is 12.4 Å². The Morgan fingerprint density at radius 1 is 1.28 bits per heavy atom. The van der Waals surface area contributed by atoms with Crippen LogP contribution in [0.1, 0.15) is 11.6 Å². The van der Waals surface area contributed by atoms with Crippen LogP contribution in [-0.4, -0.2) is 18.6 Å². The molecule has 1 aliphatic heterocycles. The summed E-state index contributed by atoms with van der Waals surface area (Å²) in [5, 5.41) is 2.50. The summed E-state index contributed by atoms with van der Waals surface area (Å²) in [6.07, 6.45) is -0.892. The maximum Gasteiger partial charge on any atom is 0.408 e. The van der Waals surface area contributed by atoms with Gasteiger partial charge in [-0.3, -0.25) is 0 Å². The van der Waals surface area contributed by atoms with Gasteiger partial charge in [-0.1, -0.05) is 23.2 Å². The summed E-state index contributed by atoms with van der Waals surface area (Å²) in [5.41, 5.74) is 0.143. The summed E-state index contributed by atoms with van der Waals surface area (Å²) >= 11 is 11.5. The second kappa shape index (κ2) is 5.47. The number of carbonyl (C=O) groups excluding carboxylic acids is 1. The number of halogens is 5. The van der Waals surface area contributed by atoms with Gasteiger partial charge in [-0.2, -0.15) is 0 Å². The Kier molecular flexibility index (Phi) is 4.64. The number of cyclic esters (lactones) is 1. The molecular weight excluding hydrogens is 310 g/mol. The molecule has 1 atom stereocenters. The average molecular weight is 319 g/mol. The maximum atomic E-state index is 13.6. The van der Waals surface area contributed by atoms with Crippen LogP contribution in [0.15, 0.2) is 18.2 Å². The first-order valence-corrected chi connectivity index (χ1v) is 5.41. The molecular formula is C10H8Cl3F2NO2. The van der Waals surface area contributed by atoms with Gasteiger partial charge in [0.2, 0.25) is 0 Å². The summed E-state index contributed by atoms with van der Waals surface area (Å²) in [6.45, 7) is -0.965. The minimum absolute atomic E-state index is 0. The SMILES string of the molecule is Cl.O=C1N[C@@H](c2cc(Cl)cc(Cl)c2)C(F)(F)CO1. The molecule has 1 fully saturated rings. The highest BCUT2D eigenvalue weighted by Crippen LogP contribution is 2.36. The Balaban J connectivity index is 0.00000162. The van der Waals surface area contributed by atoms with E-state index in [1.165, 1.54) is 18.2 Å². The minimum atomic E-state index is -3.21. The molecule has 0 aromatic heterocycles. The summed E-state index contributed by atoms with van der Waals surface area (Å²) in [6, 6.07) is 2.60. The third kappa shape index (κ3) is 3.16. The topological polar surface area (TPSA) is 38.3 Å². The van der Waals surface area contributed by atoms with Crippen LogP contribution in [0.25, 0.3) is 0 Å². The smallest absolute Gasteiger partial charge is 0.408 e. The molecule has 100 valence electrons. The van der Waals surface area contributed by atoms with Crippen LogP contribution in [0.3, 0.4) is 0 Å². The highest BCUT2D eigenvalue weighted by Gasteiger charge is 2.46. The molecule has 1 N–H and O–H groups in total. The summed E-state index contributed by atoms with van der Waals surface area (Å²) < 4.78 is 31.4. The van der Waals surface area contributed by atoms with E-state index in [4.69, 9.17) is 23.2 Å². The van der Waals surface area contributed by atoms with Gasteiger partial charge >= 0.3 is 12.0 Å². The van der Waals surface area contributed by atoms with Gasteiger partial charge in [0.15, 0.2) is 6.61 Å². The van der Waals surface area contributed by atoms with E-state index in [2.05, 4.69) is 4.74 Å². The lowest BCUT2D eigenvalue weighted by Crippen LogP contribution is -2.49. The summed E-state index contributed by atoms with van der Waals surface area (Å²) in [7, 11) is 0. The van der Waals surface area contributed by atoms with Crippen LogP contribution < -0.4 is 5.32 Å². The lowest BCUT2D eigenvalue weighted by molar-refractivity contribution is -0.104. The van der Waals surface area contributed by atoms with Gasteiger partial charge in [0, 0.05) is 10.0 Å². The van der Waals surface area contributed by atoms with Crippen molar-refractivity contribution in [2.45, 2.75) is 12.0 Å². The van der Waals surface area contributed by atoms with E-state index in [0.717, 1.165) is 0 Å². The molecule has 1 heterocycles. The Morgan fingerprint density at radius 3 is 2.39 bits per heavy atom. The van der Waals surface area contributed by atoms with Crippen LogP contribution in [0.2, 0.25) is 10.0 Å². The molecule has 1 aliphatic rings. The number of carbonyl (C=O) groups is 1. The van der Waals surface area contributed by atoms with Gasteiger partial charge in [0.05, 0.1) is 0 Å². The predicted octanol–water partition coefficient (Wildman–Crippen LogP) is 3.83. The van der Waals surface area contributed by atoms with Crippen molar-refractivity contribution in [2.24, 2.45) is 0 Å². The fourth-order valence-corrected chi connectivity index (χ4v) is 2.12. The molecule has 8 heteroatoms. The molecule has 0 unspecified atom stereocenters. The fourth-order valence-electron chi connectivity index (χ4n) is 1.58. The van der Waals surface area contributed by atoms with Gasteiger partial charge < -0.3 is 10.1 Å². The standard InChI is InChI=1S/C10H7Cl2F2NO2.ClH/c11-6-1-5(2-7(12)3-6)8-10(13,14)4-17-9(16)15-8;/h1-3,8H,4H2,(H,15,16);1H/t8-;/m0./s1. The maximum absolute atomic E-state index is 13.6. The number of nitrogens with one attached hydrogen (secondary N) is 1. The first kappa shape index (κ1) is 15.3. The van der Waals surface area contributed by atoms with E-state index in [0.29, 0.717) is 0 Å². The number of benzene rings is 1. The molecule has 1 aromatic carbocycles. The van der Waals surface area contributed by atoms with E-state index < -0.39 is 24.7 Å². The Hall–Kier alpha value is -0.780. The van der Waals surface area contributed by atoms with Crippen molar-refractivity contribution in [1.29, 1.82) is 0 Å². The Morgan fingerprint density at radius 2 is 1.83 bits per heavy atom. The zero-order valence-electron chi connectivity index (χ0n) is 8.75. The minimum Gasteiger partial charge on any atom is -0.443 e. The first-order valence-electron chi connectivity index (χ1n) is 4.65. The van der Waals surface area contributed by atoms with Crippen LogP contribution in [0.4, 0.5) is 13.6 Å². The molecule has 2 rings (SSSR count). The Bertz CT molecular complexity index is 450. The Labute approximate surface area is 118 Å². The zero-order chi connectivity index (χ0) is 12.6. The largest absolute Gasteiger partial charge is 0.443 e. The second-order valence-corrected chi connectivity index (χ2v) is 4.49. The van der Waals surface area contributed by atoms with Gasteiger partial charge in [0.25, 0.3) is 0 Å². The molecule has 3 nitrogen and oxygen atoms in total. The number of amides is 1. The molecule has 1 amide bonds. The molecule has 18 heavy (non-hydrogen) atoms. The van der Waals surface area contributed by atoms with Gasteiger partial charge in [-0.05, 0) is 23.8 Å². The van der Waals surface area contributed by atoms with Crippen molar-refractivity contribution in [3.8, 4) is 0 Å². The normalized spacial score (nSPS) is 21.6. The van der Waals surface area contributed by atoms with Crippen LogP contribution in [-0.2, 0) is 4.74 Å². The second-order valence-electron chi connectivity index (χ2n) is 3.62. The van der Waals surface area contributed by atoms with Crippen molar-refractivity contribution in [2.75, 3.05) is 6.61 Å². The molecule has 1 aromatic rings. The summed E-state index contributed by atoms with van der Waals surface area (Å²) in [5.74, 6) is -3.21. The van der Waals surface area contributed by atoms with Crippen LogP contribution in [0, 0.1) is 0 Å². The lowest BCUT2D eigenvalue weighted by atomic mass is 10.0. The van der Waals surface area contributed by atoms with Crippen molar-refractivity contribution < 1.29 is 18.3 Å². The van der Waals surface area contributed by atoms with E-state index in [1.54, 1.807) is 0 Å². The monoisotopic (exact) mass is 317 g/mol. The molecule has 0 radical (unpaired) electrons. The van der Waals surface area contributed by atoms with Crippen LogP contribution in [0.5, 0.6) is 0 Å². The van der Waals surface area contributed by atoms with Crippen molar-refractivity contribution >= 4 is 41.7 Å². The van der Waals surface area contributed by atoms with Crippen molar-refractivity contribution in [3.63, 3.8) is 0 Å². The number of hydrogen-bond donors (Lipinski definition) is 1. The quantitative estimate of drug-likeness (QED) is 0.854. The molecule has 1 saturated heterocycles. The van der Waals surface area contributed by atoms with Crippen molar-refractivity contribution in [1.82, 2.24) is 5.32 Å². The van der Waals surface area contributed by atoms with Crippen molar-refractivity contribution in [3.05, 3.63) is 33.8 Å².